The molecule has 0 saturated carbocycles. The van der Waals surface area contributed by atoms with Gasteiger partial charge in [0.25, 0.3) is 5.91 Å². The van der Waals surface area contributed by atoms with Gasteiger partial charge in [0.15, 0.2) is 0 Å². The number of thioether (sulfide) groups is 1. The first-order valence-corrected chi connectivity index (χ1v) is 12.2. The van der Waals surface area contributed by atoms with Gasteiger partial charge in [0.2, 0.25) is 5.91 Å². The third-order valence-corrected chi connectivity index (χ3v) is 6.89. The molecule has 0 aromatic carbocycles. The van der Waals surface area contributed by atoms with Crippen molar-refractivity contribution in [3.05, 3.63) is 59.1 Å². The highest BCUT2D eigenvalue weighted by Crippen LogP contribution is 2.22. The van der Waals surface area contributed by atoms with Gasteiger partial charge in [0.05, 0.1) is 18.9 Å². The van der Waals surface area contributed by atoms with Gasteiger partial charge in [-0.25, -0.2) is 4.98 Å². The van der Waals surface area contributed by atoms with Crippen molar-refractivity contribution >= 4 is 34.9 Å². The molecule has 1 aliphatic heterocycles. The van der Waals surface area contributed by atoms with E-state index < -0.39 is 0 Å². The normalized spacial score (nSPS) is 16.9. The number of carbonyl (C=O) groups excluding carboxylic acids is 2. The van der Waals surface area contributed by atoms with Gasteiger partial charge in [-0.05, 0) is 17.9 Å². The first-order chi connectivity index (χ1) is 15.5. The summed E-state index contributed by atoms with van der Waals surface area (Å²) in [4.78, 5) is 38.0. The SMILES string of the molecule is CSc1nc(C(=O)N2CC(=O)N(Cc3cnn(C)c3)CC(OCc3cccnc3)C2)cs1. The second-order valence-electron chi connectivity index (χ2n) is 7.48. The van der Waals surface area contributed by atoms with E-state index in [1.54, 1.807) is 38.5 Å². The van der Waals surface area contributed by atoms with Crippen LogP contribution in [0, 0.1) is 0 Å². The number of pyridine rings is 1. The fraction of sp³-hybridized carbons (Fsp3) is 0.381. The Labute approximate surface area is 194 Å². The van der Waals surface area contributed by atoms with Crippen LogP contribution in [0.1, 0.15) is 21.6 Å². The first-order valence-electron chi connectivity index (χ1n) is 10.1. The molecule has 1 unspecified atom stereocenters. The summed E-state index contributed by atoms with van der Waals surface area (Å²) in [6.45, 7) is 1.43. The second-order valence-corrected chi connectivity index (χ2v) is 9.39. The fourth-order valence-corrected chi connectivity index (χ4v) is 4.71. The number of nitrogens with zero attached hydrogens (tertiary/aromatic N) is 6. The molecule has 0 bridgehead atoms. The zero-order valence-corrected chi connectivity index (χ0v) is 19.5. The summed E-state index contributed by atoms with van der Waals surface area (Å²) in [5, 5.41) is 5.92. The quantitative estimate of drug-likeness (QED) is 0.486. The van der Waals surface area contributed by atoms with Crippen molar-refractivity contribution in [2.24, 2.45) is 7.05 Å². The summed E-state index contributed by atoms with van der Waals surface area (Å²) in [7, 11) is 1.84. The number of rotatable bonds is 7. The Hall–Kier alpha value is -2.76. The van der Waals surface area contributed by atoms with Crippen molar-refractivity contribution < 1.29 is 14.3 Å². The van der Waals surface area contributed by atoms with Gasteiger partial charge in [-0.1, -0.05) is 17.8 Å². The summed E-state index contributed by atoms with van der Waals surface area (Å²) in [6.07, 6.45) is 8.65. The highest BCUT2D eigenvalue weighted by Gasteiger charge is 2.32. The Kier molecular flexibility index (Phi) is 7.18. The van der Waals surface area contributed by atoms with E-state index in [4.69, 9.17) is 4.74 Å². The highest BCUT2D eigenvalue weighted by atomic mass is 32.2. The number of ether oxygens (including phenoxy) is 1. The highest BCUT2D eigenvalue weighted by molar-refractivity contribution is 8.00. The van der Waals surface area contributed by atoms with Crippen LogP contribution < -0.4 is 0 Å². The lowest BCUT2D eigenvalue weighted by Gasteiger charge is -2.24. The summed E-state index contributed by atoms with van der Waals surface area (Å²) in [5.74, 6) is -0.386. The molecule has 4 heterocycles. The van der Waals surface area contributed by atoms with Gasteiger partial charge < -0.3 is 14.5 Å². The van der Waals surface area contributed by atoms with Crippen LogP contribution in [0.2, 0.25) is 0 Å². The van der Waals surface area contributed by atoms with Crippen LogP contribution in [-0.4, -0.2) is 73.4 Å². The van der Waals surface area contributed by atoms with Crippen LogP contribution in [0.25, 0.3) is 0 Å². The topological polar surface area (TPSA) is 93.5 Å². The maximum absolute atomic E-state index is 13.1. The van der Waals surface area contributed by atoms with Gasteiger partial charge in [-0.2, -0.15) is 5.10 Å². The predicted octanol–water partition coefficient (Wildman–Crippen LogP) is 2.06. The van der Waals surface area contributed by atoms with Gasteiger partial charge in [-0.3, -0.25) is 19.3 Å². The zero-order valence-electron chi connectivity index (χ0n) is 17.9. The lowest BCUT2D eigenvalue weighted by Crippen LogP contribution is -2.39. The standard InChI is InChI=1S/C21H24N6O3S2/c1-25-8-16(7-23-25)9-26-10-17(30-13-15-4-3-5-22-6-15)11-27(12-19(26)28)20(29)18-14-32-21(24-18)31-2/h3-8,14,17H,9-13H2,1-2H3. The molecule has 1 atom stereocenters. The monoisotopic (exact) mass is 472 g/mol. The number of carbonyl (C=O) groups is 2. The fourth-order valence-electron chi connectivity index (χ4n) is 3.47. The van der Waals surface area contributed by atoms with E-state index in [0.717, 1.165) is 15.5 Å². The molecule has 0 radical (unpaired) electrons. The molecule has 32 heavy (non-hydrogen) atoms. The third kappa shape index (κ3) is 5.53. The molecular formula is C21H24N6O3S2. The Morgan fingerprint density at radius 2 is 2.19 bits per heavy atom. The van der Waals surface area contributed by atoms with Gasteiger partial charge >= 0.3 is 0 Å². The van der Waals surface area contributed by atoms with Crippen molar-refractivity contribution in [3.63, 3.8) is 0 Å². The molecule has 4 rings (SSSR count). The van der Waals surface area contributed by atoms with Crippen LogP contribution in [0.5, 0.6) is 0 Å². The lowest BCUT2D eigenvalue weighted by molar-refractivity contribution is -0.132. The molecule has 1 fully saturated rings. The Bertz CT molecular complexity index is 1070. The van der Waals surface area contributed by atoms with E-state index in [2.05, 4.69) is 15.1 Å². The molecule has 11 heteroatoms. The van der Waals surface area contributed by atoms with Gasteiger partial charge in [0.1, 0.15) is 16.6 Å². The van der Waals surface area contributed by atoms with E-state index in [9.17, 15) is 9.59 Å². The van der Waals surface area contributed by atoms with E-state index >= 15 is 0 Å². The molecule has 0 aliphatic carbocycles. The van der Waals surface area contributed by atoms with Crippen LogP contribution in [0.15, 0.2) is 46.6 Å². The Morgan fingerprint density at radius 3 is 2.88 bits per heavy atom. The number of aromatic nitrogens is 4. The average Bonchev–Trinajstić information content (AvgIpc) is 3.41. The second kappa shape index (κ2) is 10.2. The molecule has 3 aromatic heterocycles. The van der Waals surface area contributed by atoms with E-state index in [1.165, 1.54) is 23.1 Å². The van der Waals surface area contributed by atoms with E-state index in [1.807, 2.05) is 31.6 Å². The number of hydrogen-bond acceptors (Lipinski definition) is 8. The minimum Gasteiger partial charge on any atom is -0.370 e. The summed E-state index contributed by atoms with van der Waals surface area (Å²) >= 11 is 2.91. The third-order valence-electron chi connectivity index (χ3n) is 5.03. The van der Waals surface area contributed by atoms with Crippen LogP contribution >= 0.6 is 23.1 Å². The number of thiazole rings is 1. The zero-order chi connectivity index (χ0) is 22.5. The first kappa shape index (κ1) is 22.4. The minimum absolute atomic E-state index is 0.0159. The van der Waals surface area contributed by atoms with Crippen molar-refractivity contribution in [1.29, 1.82) is 0 Å². The molecule has 1 saturated heterocycles. The maximum atomic E-state index is 13.1. The summed E-state index contributed by atoms with van der Waals surface area (Å²) < 4.78 is 8.66. The van der Waals surface area contributed by atoms with E-state index in [0.29, 0.717) is 31.9 Å². The maximum Gasteiger partial charge on any atom is 0.273 e. The molecule has 0 spiro atoms. The van der Waals surface area contributed by atoms with Crippen molar-refractivity contribution in [3.8, 4) is 0 Å². The number of hydrogen-bond donors (Lipinski definition) is 0. The van der Waals surface area contributed by atoms with Crippen molar-refractivity contribution in [2.45, 2.75) is 23.6 Å². The largest absolute Gasteiger partial charge is 0.370 e. The van der Waals surface area contributed by atoms with Gasteiger partial charge in [0, 0.05) is 56.2 Å². The molecule has 9 nitrogen and oxygen atoms in total. The molecule has 2 amide bonds. The summed E-state index contributed by atoms with van der Waals surface area (Å²) in [6, 6.07) is 3.79. The van der Waals surface area contributed by atoms with Crippen LogP contribution in [0.4, 0.5) is 0 Å². The minimum atomic E-state index is -0.346. The average molecular weight is 473 g/mol. The van der Waals surface area contributed by atoms with Gasteiger partial charge in [-0.15, -0.1) is 11.3 Å². The van der Waals surface area contributed by atoms with Crippen molar-refractivity contribution in [2.75, 3.05) is 25.9 Å². The Balaban J connectivity index is 1.52. The molecule has 0 N–H and O–H groups in total. The Morgan fingerprint density at radius 1 is 1.31 bits per heavy atom. The van der Waals surface area contributed by atoms with Crippen LogP contribution in [0.3, 0.4) is 0 Å². The molecule has 1 aliphatic rings. The smallest absolute Gasteiger partial charge is 0.273 e. The summed E-state index contributed by atoms with van der Waals surface area (Å²) in [5.41, 5.74) is 2.22. The van der Waals surface area contributed by atoms with Crippen LogP contribution in [-0.2, 0) is 29.7 Å². The van der Waals surface area contributed by atoms with Crippen molar-refractivity contribution in [1.82, 2.24) is 29.5 Å². The number of aryl methyl sites for hydroxylation is 1. The predicted molar refractivity (Wildman–Crippen MR) is 121 cm³/mol. The van der Waals surface area contributed by atoms with E-state index in [-0.39, 0.29) is 24.5 Å². The lowest BCUT2D eigenvalue weighted by atomic mass is 10.2. The molecular weight excluding hydrogens is 448 g/mol. The number of amides is 2. The molecule has 168 valence electrons. The molecule has 3 aromatic rings.